The van der Waals surface area contributed by atoms with Gasteiger partial charge < -0.3 is 20.1 Å². The van der Waals surface area contributed by atoms with E-state index in [4.69, 9.17) is 9.47 Å². The Morgan fingerprint density at radius 2 is 2.03 bits per heavy atom. The molecule has 3 aromatic heterocycles. The summed E-state index contributed by atoms with van der Waals surface area (Å²) >= 11 is 0. The summed E-state index contributed by atoms with van der Waals surface area (Å²) in [5, 5.41) is 11.5. The van der Waals surface area contributed by atoms with Gasteiger partial charge in [0.25, 0.3) is 0 Å². The van der Waals surface area contributed by atoms with Crippen LogP contribution in [0.2, 0.25) is 0 Å². The van der Waals surface area contributed by atoms with Crippen LogP contribution >= 0.6 is 0 Å². The Morgan fingerprint density at radius 1 is 1.29 bits per heavy atom. The number of nitrogens with one attached hydrogen (secondary N) is 3. The third-order valence-corrected chi connectivity index (χ3v) is 5.12. The van der Waals surface area contributed by atoms with Crippen molar-refractivity contribution in [2.45, 2.75) is 57.4 Å². The van der Waals surface area contributed by atoms with Gasteiger partial charge in [-0.3, -0.25) is 14.2 Å². The number of alkyl carbamates (subject to hydrolysis) is 1. The van der Waals surface area contributed by atoms with Crippen LogP contribution in [-0.2, 0) is 27.0 Å². The molecule has 4 heterocycles. The number of carbonyl (C=O) groups excluding carboxylic acids is 1. The number of fused-ring (bicyclic) bond motifs is 1. The third-order valence-electron chi connectivity index (χ3n) is 5.12. The minimum atomic E-state index is -5.02. The lowest BCUT2D eigenvalue weighted by Crippen LogP contribution is -2.36. The van der Waals surface area contributed by atoms with Gasteiger partial charge in [0.2, 0.25) is 5.95 Å². The molecule has 3 N–H and O–H groups in total. The van der Waals surface area contributed by atoms with Crippen molar-refractivity contribution >= 4 is 23.5 Å². The van der Waals surface area contributed by atoms with Crippen LogP contribution < -0.4 is 10.6 Å². The average molecular weight is 555 g/mol. The summed E-state index contributed by atoms with van der Waals surface area (Å²) in [7, 11) is 0. The van der Waals surface area contributed by atoms with E-state index < -0.39 is 60.5 Å². The van der Waals surface area contributed by atoms with Gasteiger partial charge in [0, 0.05) is 24.5 Å². The monoisotopic (exact) mass is 555 g/mol. The van der Waals surface area contributed by atoms with Gasteiger partial charge in [-0.05, 0) is 13.8 Å². The van der Waals surface area contributed by atoms with Gasteiger partial charge in [0.1, 0.15) is 11.7 Å². The number of alkyl halides is 7. The SMILES string of the molecule is CC(C)NC(=O)O[C@H]1CO[C@@H](c2cc(Nc3ncc(C(F)(F)F)c4nc(COC(F)(F)F)cn34)n[nH]2)[C@H]1F. The van der Waals surface area contributed by atoms with Gasteiger partial charge in [-0.15, -0.1) is 13.2 Å². The molecule has 0 unspecified atom stereocenters. The standard InChI is InChI=1S/C20H20F7N7O4/c1-8(2)29-18(35)38-12-7-36-15(14(12)21)11-3-13(33-32-11)31-17-28-4-10(19(22,23)24)16-30-9(5-34(16)17)6-37-20(25,26)27/h3-5,8,12,14-15H,6-7H2,1-2H3,(H,29,35)(H2,28,31,32,33)/t12-,14-,15-/m0/s1. The van der Waals surface area contributed by atoms with E-state index >= 15 is 0 Å². The normalized spacial score (nSPS) is 20.3. The number of imidazole rings is 1. The van der Waals surface area contributed by atoms with Crippen LogP contribution in [0.15, 0.2) is 18.5 Å². The van der Waals surface area contributed by atoms with Crippen molar-refractivity contribution in [3.8, 4) is 0 Å². The van der Waals surface area contributed by atoms with Crippen LogP contribution in [0.25, 0.3) is 5.65 Å². The number of anilines is 2. The van der Waals surface area contributed by atoms with Crippen molar-refractivity contribution in [1.82, 2.24) is 29.9 Å². The molecule has 0 saturated carbocycles. The molecule has 4 rings (SSSR count). The smallest absolute Gasteiger partial charge is 0.441 e. The molecular weight excluding hydrogens is 535 g/mol. The van der Waals surface area contributed by atoms with Crippen LogP contribution in [0.4, 0.5) is 47.3 Å². The first-order chi connectivity index (χ1) is 17.7. The summed E-state index contributed by atoms with van der Waals surface area (Å²) < 4.78 is 107. The molecule has 18 heteroatoms. The molecule has 3 atom stereocenters. The maximum Gasteiger partial charge on any atom is 0.522 e. The van der Waals surface area contributed by atoms with Crippen LogP contribution in [0.5, 0.6) is 0 Å². The zero-order valence-electron chi connectivity index (χ0n) is 19.5. The fraction of sp³-hybridized carbons (Fsp3) is 0.500. The molecule has 3 aromatic rings. The molecule has 0 radical (unpaired) electrons. The number of halogens is 7. The third kappa shape index (κ3) is 6.24. The number of carbonyl (C=O) groups is 1. The molecule has 1 aliphatic rings. The predicted molar refractivity (Wildman–Crippen MR) is 113 cm³/mol. The number of aromatic amines is 1. The molecular formula is C20H20F7N7O4. The second-order valence-corrected chi connectivity index (χ2v) is 8.43. The zero-order chi connectivity index (χ0) is 27.8. The van der Waals surface area contributed by atoms with Gasteiger partial charge in [-0.25, -0.2) is 19.2 Å². The molecule has 1 fully saturated rings. The van der Waals surface area contributed by atoms with E-state index in [1.165, 1.54) is 6.07 Å². The molecule has 38 heavy (non-hydrogen) atoms. The van der Waals surface area contributed by atoms with Gasteiger partial charge in [0.05, 0.1) is 24.6 Å². The molecule has 0 aromatic carbocycles. The van der Waals surface area contributed by atoms with Crippen molar-refractivity contribution in [2.24, 2.45) is 0 Å². The molecule has 0 bridgehead atoms. The largest absolute Gasteiger partial charge is 0.522 e. The van der Waals surface area contributed by atoms with Crippen molar-refractivity contribution in [3.63, 3.8) is 0 Å². The number of rotatable bonds is 7. The quantitative estimate of drug-likeness (QED) is 0.371. The Kier molecular flexibility index (Phi) is 7.37. The van der Waals surface area contributed by atoms with Gasteiger partial charge in [0.15, 0.2) is 23.7 Å². The Labute approximate surface area is 208 Å². The van der Waals surface area contributed by atoms with Crippen LogP contribution in [0.1, 0.15) is 36.9 Å². The van der Waals surface area contributed by atoms with E-state index in [2.05, 4.69) is 35.5 Å². The van der Waals surface area contributed by atoms with Gasteiger partial charge >= 0.3 is 18.6 Å². The van der Waals surface area contributed by atoms with Crippen molar-refractivity contribution < 1.29 is 49.7 Å². The summed E-state index contributed by atoms with van der Waals surface area (Å²) in [4.78, 5) is 19.0. The second-order valence-electron chi connectivity index (χ2n) is 8.43. The van der Waals surface area contributed by atoms with E-state index in [1.54, 1.807) is 13.8 Å². The molecule has 0 aliphatic carbocycles. The predicted octanol–water partition coefficient (Wildman–Crippen LogP) is 4.16. The van der Waals surface area contributed by atoms with Gasteiger partial charge in [-0.2, -0.15) is 18.3 Å². The van der Waals surface area contributed by atoms with Crippen molar-refractivity contribution in [2.75, 3.05) is 11.9 Å². The van der Waals surface area contributed by atoms with Crippen LogP contribution in [-0.4, -0.2) is 61.9 Å². The Hall–Kier alpha value is -3.67. The lowest BCUT2D eigenvalue weighted by Gasteiger charge is -2.16. The number of hydrogen-bond donors (Lipinski definition) is 3. The summed E-state index contributed by atoms with van der Waals surface area (Å²) in [6.07, 6.45) is -13.6. The fourth-order valence-electron chi connectivity index (χ4n) is 3.55. The Balaban J connectivity index is 1.53. The lowest BCUT2D eigenvalue weighted by atomic mass is 10.1. The zero-order valence-corrected chi connectivity index (χ0v) is 19.5. The van der Waals surface area contributed by atoms with Crippen molar-refractivity contribution in [1.29, 1.82) is 0 Å². The highest BCUT2D eigenvalue weighted by Crippen LogP contribution is 2.35. The molecule has 1 amide bonds. The number of aromatic nitrogens is 5. The molecule has 1 aliphatic heterocycles. The van der Waals surface area contributed by atoms with Crippen LogP contribution in [0, 0.1) is 0 Å². The number of H-pyrrole nitrogens is 1. The lowest BCUT2D eigenvalue weighted by molar-refractivity contribution is -0.330. The topological polar surface area (TPSA) is 128 Å². The number of amides is 1. The number of nitrogens with zero attached hydrogens (tertiary/aromatic N) is 4. The van der Waals surface area contributed by atoms with E-state index in [9.17, 15) is 35.5 Å². The molecule has 1 saturated heterocycles. The molecule has 0 spiro atoms. The maximum absolute atomic E-state index is 14.9. The average Bonchev–Trinajstić information content (AvgIpc) is 3.50. The van der Waals surface area contributed by atoms with E-state index in [1.807, 2.05) is 0 Å². The number of ether oxygens (including phenoxy) is 3. The first kappa shape index (κ1) is 27.4. The Bertz CT molecular complexity index is 1290. The second kappa shape index (κ2) is 10.2. The van der Waals surface area contributed by atoms with Gasteiger partial charge in [-0.1, -0.05) is 0 Å². The first-order valence-electron chi connectivity index (χ1n) is 10.9. The highest BCUT2D eigenvalue weighted by Gasteiger charge is 2.42. The fourth-order valence-corrected chi connectivity index (χ4v) is 3.55. The Morgan fingerprint density at radius 3 is 2.68 bits per heavy atom. The highest BCUT2D eigenvalue weighted by atomic mass is 19.4. The summed E-state index contributed by atoms with van der Waals surface area (Å²) in [5.74, 6) is -0.319. The molecule has 11 nitrogen and oxygen atoms in total. The minimum absolute atomic E-state index is 0.0342. The summed E-state index contributed by atoms with van der Waals surface area (Å²) in [6.45, 7) is 2.02. The number of hydrogen-bond acceptors (Lipinski definition) is 8. The molecule has 208 valence electrons. The van der Waals surface area contributed by atoms with Crippen molar-refractivity contribution in [3.05, 3.63) is 35.4 Å². The van der Waals surface area contributed by atoms with E-state index in [0.29, 0.717) is 6.20 Å². The maximum atomic E-state index is 14.9. The van der Waals surface area contributed by atoms with E-state index in [0.717, 1.165) is 10.6 Å². The summed E-state index contributed by atoms with van der Waals surface area (Å²) in [5.41, 5.74) is -2.35. The first-order valence-corrected chi connectivity index (χ1v) is 10.9. The highest BCUT2D eigenvalue weighted by molar-refractivity contribution is 5.67. The summed E-state index contributed by atoms with van der Waals surface area (Å²) in [6, 6.07) is 1.05. The van der Waals surface area contributed by atoms with E-state index in [-0.39, 0.29) is 30.1 Å². The minimum Gasteiger partial charge on any atom is -0.441 e. The van der Waals surface area contributed by atoms with Crippen LogP contribution in [0.3, 0.4) is 0 Å².